The van der Waals surface area contributed by atoms with Crippen molar-refractivity contribution < 1.29 is 19.1 Å². The minimum atomic E-state index is -0.452. The molecule has 3 rings (SSSR count). The number of hydrogen-bond donors (Lipinski definition) is 1. The third kappa shape index (κ3) is 6.78. The number of amides is 1. The summed E-state index contributed by atoms with van der Waals surface area (Å²) in [5.41, 5.74) is 4.15. The van der Waals surface area contributed by atoms with Crippen LogP contribution in [-0.2, 0) is 0 Å². The Labute approximate surface area is 195 Å². The SMILES string of the molecule is CCCCOc1ccc(C(=O)Oc2ccc(C=NNC(=O)c3ccccc3Br)cc2)cc1. The van der Waals surface area contributed by atoms with E-state index in [1.54, 1.807) is 66.7 Å². The molecule has 0 saturated carbocycles. The van der Waals surface area contributed by atoms with Crippen molar-refractivity contribution in [3.05, 3.63) is 94.0 Å². The number of carbonyl (C=O) groups is 2. The molecule has 0 heterocycles. The summed E-state index contributed by atoms with van der Waals surface area (Å²) in [6, 6.07) is 20.8. The molecule has 0 radical (unpaired) electrons. The minimum absolute atomic E-state index is 0.318. The lowest BCUT2D eigenvalue weighted by Crippen LogP contribution is -2.18. The fourth-order valence-corrected chi connectivity index (χ4v) is 3.15. The zero-order valence-electron chi connectivity index (χ0n) is 17.6. The molecular formula is C25H23BrN2O4. The molecule has 164 valence electrons. The number of nitrogens with one attached hydrogen (secondary N) is 1. The van der Waals surface area contributed by atoms with Gasteiger partial charge in [-0.1, -0.05) is 25.5 Å². The Kier molecular flexibility index (Phi) is 8.57. The third-order valence-electron chi connectivity index (χ3n) is 4.45. The number of esters is 1. The van der Waals surface area contributed by atoms with E-state index in [0.29, 0.717) is 28.0 Å². The highest BCUT2D eigenvalue weighted by Gasteiger charge is 2.09. The molecule has 1 N–H and O–H groups in total. The van der Waals surface area contributed by atoms with Crippen LogP contribution in [0.1, 0.15) is 46.0 Å². The number of hydrogen-bond acceptors (Lipinski definition) is 5. The van der Waals surface area contributed by atoms with Crippen LogP contribution < -0.4 is 14.9 Å². The summed E-state index contributed by atoms with van der Waals surface area (Å²) >= 11 is 3.33. The molecule has 0 spiro atoms. The molecule has 0 aliphatic carbocycles. The van der Waals surface area contributed by atoms with Crippen molar-refractivity contribution in [2.75, 3.05) is 6.61 Å². The maximum absolute atomic E-state index is 12.3. The van der Waals surface area contributed by atoms with Crippen molar-refractivity contribution in [1.29, 1.82) is 0 Å². The van der Waals surface area contributed by atoms with Crippen LogP contribution in [0.15, 0.2) is 82.4 Å². The molecule has 3 aromatic rings. The van der Waals surface area contributed by atoms with E-state index in [0.717, 1.165) is 24.2 Å². The zero-order chi connectivity index (χ0) is 22.8. The van der Waals surface area contributed by atoms with Gasteiger partial charge in [-0.25, -0.2) is 10.2 Å². The number of halogens is 1. The molecule has 3 aromatic carbocycles. The first kappa shape index (κ1) is 23.2. The van der Waals surface area contributed by atoms with Crippen LogP contribution in [-0.4, -0.2) is 24.7 Å². The van der Waals surface area contributed by atoms with E-state index < -0.39 is 5.97 Å². The number of benzene rings is 3. The second-order valence-electron chi connectivity index (χ2n) is 6.86. The predicted molar refractivity (Wildman–Crippen MR) is 127 cm³/mol. The van der Waals surface area contributed by atoms with Crippen LogP contribution in [0.25, 0.3) is 0 Å². The van der Waals surface area contributed by atoms with E-state index in [4.69, 9.17) is 9.47 Å². The minimum Gasteiger partial charge on any atom is -0.494 e. The Bertz CT molecular complexity index is 1080. The molecule has 0 bridgehead atoms. The van der Waals surface area contributed by atoms with Crippen molar-refractivity contribution in [1.82, 2.24) is 5.43 Å². The summed E-state index contributed by atoms with van der Waals surface area (Å²) in [5.74, 6) is 0.367. The zero-order valence-corrected chi connectivity index (χ0v) is 19.2. The van der Waals surface area contributed by atoms with E-state index in [1.807, 2.05) is 6.07 Å². The lowest BCUT2D eigenvalue weighted by Gasteiger charge is -2.07. The number of rotatable bonds is 9. The molecule has 6 nitrogen and oxygen atoms in total. The van der Waals surface area contributed by atoms with Gasteiger partial charge in [0.1, 0.15) is 11.5 Å². The van der Waals surface area contributed by atoms with Crippen molar-refractivity contribution >= 4 is 34.0 Å². The van der Waals surface area contributed by atoms with Gasteiger partial charge in [-0.2, -0.15) is 5.10 Å². The van der Waals surface area contributed by atoms with Gasteiger partial charge < -0.3 is 9.47 Å². The Balaban J connectivity index is 1.52. The number of nitrogens with zero attached hydrogens (tertiary/aromatic N) is 1. The second kappa shape index (κ2) is 11.8. The molecule has 0 aliphatic rings. The van der Waals surface area contributed by atoms with Crippen molar-refractivity contribution in [2.45, 2.75) is 19.8 Å². The van der Waals surface area contributed by atoms with Crippen LogP contribution in [0.2, 0.25) is 0 Å². The normalized spacial score (nSPS) is 10.7. The van der Waals surface area contributed by atoms with Crippen molar-refractivity contribution in [2.24, 2.45) is 5.10 Å². The highest BCUT2D eigenvalue weighted by atomic mass is 79.9. The van der Waals surface area contributed by atoms with E-state index in [-0.39, 0.29) is 5.91 Å². The van der Waals surface area contributed by atoms with Crippen LogP contribution in [0.3, 0.4) is 0 Å². The number of ether oxygens (including phenoxy) is 2. The number of hydrazone groups is 1. The third-order valence-corrected chi connectivity index (χ3v) is 5.14. The molecule has 7 heteroatoms. The summed E-state index contributed by atoms with van der Waals surface area (Å²) in [6.45, 7) is 2.76. The van der Waals surface area contributed by atoms with E-state index in [9.17, 15) is 9.59 Å². The maximum atomic E-state index is 12.3. The molecule has 32 heavy (non-hydrogen) atoms. The summed E-state index contributed by atoms with van der Waals surface area (Å²) in [7, 11) is 0. The molecule has 0 aliphatic heterocycles. The lowest BCUT2D eigenvalue weighted by atomic mass is 10.2. The first-order valence-electron chi connectivity index (χ1n) is 10.2. The van der Waals surface area contributed by atoms with Gasteiger partial charge in [-0.15, -0.1) is 0 Å². The first-order valence-corrected chi connectivity index (χ1v) is 11.0. The quantitative estimate of drug-likeness (QED) is 0.138. The monoisotopic (exact) mass is 494 g/mol. The molecule has 0 unspecified atom stereocenters. The highest BCUT2D eigenvalue weighted by molar-refractivity contribution is 9.10. The summed E-state index contributed by atoms with van der Waals surface area (Å²) in [4.78, 5) is 24.5. The molecular weight excluding hydrogens is 472 g/mol. The van der Waals surface area contributed by atoms with Crippen molar-refractivity contribution in [3.63, 3.8) is 0 Å². The van der Waals surface area contributed by atoms with Crippen LogP contribution in [0.4, 0.5) is 0 Å². The number of carbonyl (C=O) groups excluding carboxylic acids is 2. The smallest absolute Gasteiger partial charge is 0.343 e. The molecule has 0 atom stereocenters. The fraction of sp³-hybridized carbons (Fsp3) is 0.160. The fourth-order valence-electron chi connectivity index (χ4n) is 2.68. The Morgan fingerprint density at radius 3 is 2.34 bits per heavy atom. The van der Waals surface area contributed by atoms with Gasteiger partial charge in [-0.3, -0.25) is 4.79 Å². The van der Waals surface area contributed by atoms with Gasteiger partial charge in [0.15, 0.2) is 0 Å². The largest absolute Gasteiger partial charge is 0.494 e. The van der Waals surface area contributed by atoms with Gasteiger partial charge in [0, 0.05) is 4.47 Å². The van der Waals surface area contributed by atoms with Gasteiger partial charge in [-0.05, 0) is 88.6 Å². The van der Waals surface area contributed by atoms with Crippen LogP contribution >= 0.6 is 15.9 Å². The van der Waals surface area contributed by atoms with Gasteiger partial charge in [0.05, 0.1) is 23.9 Å². The van der Waals surface area contributed by atoms with E-state index in [2.05, 4.69) is 33.4 Å². The predicted octanol–water partition coefficient (Wildman–Crippen LogP) is 5.61. The Hall–Kier alpha value is -3.45. The molecule has 0 saturated heterocycles. The maximum Gasteiger partial charge on any atom is 0.343 e. The average Bonchev–Trinajstić information content (AvgIpc) is 2.81. The topological polar surface area (TPSA) is 77.0 Å². The molecule has 0 aromatic heterocycles. The average molecular weight is 495 g/mol. The van der Waals surface area contributed by atoms with Gasteiger partial charge in [0.25, 0.3) is 5.91 Å². The Morgan fingerprint density at radius 1 is 0.969 bits per heavy atom. The van der Waals surface area contributed by atoms with E-state index in [1.165, 1.54) is 6.21 Å². The molecule has 1 amide bonds. The van der Waals surface area contributed by atoms with Gasteiger partial charge in [0.2, 0.25) is 0 Å². The summed E-state index contributed by atoms with van der Waals surface area (Å²) < 4.78 is 11.7. The summed E-state index contributed by atoms with van der Waals surface area (Å²) in [5, 5.41) is 3.97. The highest BCUT2D eigenvalue weighted by Crippen LogP contribution is 2.17. The van der Waals surface area contributed by atoms with E-state index >= 15 is 0 Å². The second-order valence-corrected chi connectivity index (χ2v) is 7.72. The lowest BCUT2D eigenvalue weighted by molar-refractivity contribution is 0.0734. The molecule has 0 fully saturated rings. The summed E-state index contributed by atoms with van der Waals surface area (Å²) in [6.07, 6.45) is 3.56. The van der Waals surface area contributed by atoms with Crippen molar-refractivity contribution in [3.8, 4) is 11.5 Å². The first-order chi connectivity index (χ1) is 15.6. The van der Waals surface area contributed by atoms with Crippen LogP contribution in [0, 0.1) is 0 Å². The van der Waals surface area contributed by atoms with Crippen LogP contribution in [0.5, 0.6) is 11.5 Å². The number of unbranched alkanes of at least 4 members (excludes halogenated alkanes) is 1. The van der Waals surface area contributed by atoms with Gasteiger partial charge >= 0.3 is 5.97 Å². The standard InChI is InChI=1S/C25H23BrN2O4/c1-2-3-16-31-20-14-10-19(11-15-20)25(30)32-21-12-8-18(9-13-21)17-27-28-24(29)22-6-4-5-7-23(22)26/h4-15,17H,2-3,16H2,1H3,(H,28,29). The Morgan fingerprint density at radius 2 is 1.66 bits per heavy atom.